The Labute approximate surface area is 141 Å². The van der Waals surface area contributed by atoms with Crippen LogP contribution >= 0.6 is 0 Å². The van der Waals surface area contributed by atoms with Crippen LogP contribution < -0.4 is 0 Å². The van der Waals surface area contributed by atoms with E-state index in [-0.39, 0.29) is 23.9 Å². The predicted molar refractivity (Wildman–Crippen MR) is 82.3 cm³/mol. The van der Waals surface area contributed by atoms with Crippen molar-refractivity contribution in [3.63, 3.8) is 0 Å². The van der Waals surface area contributed by atoms with Crippen LogP contribution in [0.25, 0.3) is 11.5 Å². The molecule has 1 aliphatic rings. The second kappa shape index (κ2) is 6.04. The van der Waals surface area contributed by atoms with Crippen molar-refractivity contribution >= 4 is 5.91 Å². The highest BCUT2D eigenvalue weighted by atomic mass is 19.1. The molecule has 1 aliphatic heterocycles. The number of amides is 1. The minimum absolute atomic E-state index is 0.142. The molecule has 0 saturated carbocycles. The zero-order valence-electron chi connectivity index (χ0n) is 12.9. The molecule has 3 aromatic rings. The molecule has 0 bridgehead atoms. The van der Waals surface area contributed by atoms with Crippen molar-refractivity contribution in [1.82, 2.24) is 20.1 Å². The van der Waals surface area contributed by atoms with E-state index in [1.807, 2.05) is 0 Å². The van der Waals surface area contributed by atoms with E-state index in [0.29, 0.717) is 30.0 Å². The van der Waals surface area contributed by atoms with Crippen LogP contribution in [0.4, 0.5) is 8.78 Å². The molecule has 4 rings (SSSR count). The van der Waals surface area contributed by atoms with E-state index < -0.39 is 11.6 Å². The summed E-state index contributed by atoms with van der Waals surface area (Å²) in [6.07, 6.45) is 3.33. The van der Waals surface area contributed by atoms with Gasteiger partial charge in [0.15, 0.2) is 0 Å². The molecule has 0 unspecified atom stereocenters. The Bertz CT molecular complexity index is 923. The van der Waals surface area contributed by atoms with Crippen molar-refractivity contribution in [2.45, 2.75) is 13.0 Å². The summed E-state index contributed by atoms with van der Waals surface area (Å²) in [5.74, 6) is -0.817. The van der Waals surface area contributed by atoms with Gasteiger partial charge in [-0.15, -0.1) is 0 Å². The third-order valence-corrected chi connectivity index (χ3v) is 3.96. The molecule has 0 saturated heterocycles. The molecular formula is C17H12F2N4O2. The third-order valence-electron chi connectivity index (χ3n) is 3.96. The summed E-state index contributed by atoms with van der Waals surface area (Å²) in [5.41, 5.74) is 1.25. The number of oxazole rings is 1. The fourth-order valence-corrected chi connectivity index (χ4v) is 2.77. The lowest BCUT2D eigenvalue weighted by atomic mass is 10.1. The number of carbonyl (C=O) groups excluding carboxylic acids is 1. The van der Waals surface area contributed by atoms with Crippen LogP contribution in [0.1, 0.15) is 21.8 Å². The normalized spacial score (nSPS) is 13.6. The van der Waals surface area contributed by atoms with Gasteiger partial charge in [0.25, 0.3) is 5.91 Å². The maximum atomic E-state index is 13.4. The standard InChI is InChI=1S/C17H12F2N4O2/c18-12-5-11(6-13(19)7-12)16-22-14-9-23(4-2-15(14)25-16)17(24)10-1-3-20-21-8-10/h1,3,5-8H,2,4,9H2. The summed E-state index contributed by atoms with van der Waals surface area (Å²) >= 11 is 0. The van der Waals surface area contributed by atoms with Crippen LogP contribution in [0, 0.1) is 11.6 Å². The molecule has 0 spiro atoms. The lowest BCUT2D eigenvalue weighted by molar-refractivity contribution is 0.0727. The molecule has 6 nitrogen and oxygen atoms in total. The molecule has 0 radical (unpaired) electrons. The van der Waals surface area contributed by atoms with E-state index in [0.717, 1.165) is 18.2 Å². The number of benzene rings is 1. The van der Waals surface area contributed by atoms with Gasteiger partial charge in [0.05, 0.1) is 24.5 Å². The molecule has 3 heterocycles. The summed E-state index contributed by atoms with van der Waals surface area (Å²) in [7, 11) is 0. The quantitative estimate of drug-likeness (QED) is 0.716. The minimum Gasteiger partial charge on any atom is -0.441 e. The molecule has 25 heavy (non-hydrogen) atoms. The van der Waals surface area contributed by atoms with E-state index in [4.69, 9.17) is 4.42 Å². The van der Waals surface area contributed by atoms with Gasteiger partial charge in [-0.2, -0.15) is 10.2 Å². The summed E-state index contributed by atoms with van der Waals surface area (Å²) in [4.78, 5) is 18.4. The highest BCUT2D eigenvalue weighted by Gasteiger charge is 2.26. The molecule has 8 heteroatoms. The molecule has 126 valence electrons. The van der Waals surface area contributed by atoms with Crippen molar-refractivity contribution in [1.29, 1.82) is 0 Å². The topological polar surface area (TPSA) is 72.1 Å². The number of fused-ring (bicyclic) bond motifs is 1. The number of rotatable bonds is 2. The number of hydrogen-bond acceptors (Lipinski definition) is 5. The lowest BCUT2D eigenvalue weighted by Crippen LogP contribution is -2.35. The number of hydrogen-bond donors (Lipinski definition) is 0. The number of carbonyl (C=O) groups is 1. The molecule has 1 aromatic carbocycles. The predicted octanol–water partition coefficient (Wildman–Crippen LogP) is 2.61. The van der Waals surface area contributed by atoms with E-state index in [9.17, 15) is 13.6 Å². The Balaban J connectivity index is 1.60. The van der Waals surface area contributed by atoms with Gasteiger partial charge in [-0.3, -0.25) is 4.79 Å². The highest BCUT2D eigenvalue weighted by Crippen LogP contribution is 2.27. The largest absolute Gasteiger partial charge is 0.441 e. The highest BCUT2D eigenvalue weighted by molar-refractivity contribution is 5.93. The maximum absolute atomic E-state index is 13.4. The summed E-state index contributed by atoms with van der Waals surface area (Å²) < 4.78 is 32.4. The molecule has 0 aliphatic carbocycles. The molecule has 1 amide bonds. The Morgan fingerprint density at radius 3 is 2.68 bits per heavy atom. The van der Waals surface area contributed by atoms with Crippen molar-refractivity contribution in [2.24, 2.45) is 0 Å². The van der Waals surface area contributed by atoms with Gasteiger partial charge < -0.3 is 9.32 Å². The SMILES string of the molecule is O=C(c1ccnnc1)N1CCc2oc(-c3cc(F)cc(F)c3)nc2C1. The van der Waals surface area contributed by atoms with E-state index >= 15 is 0 Å². The molecule has 0 atom stereocenters. The van der Waals surface area contributed by atoms with Crippen molar-refractivity contribution in [3.8, 4) is 11.5 Å². The fraction of sp³-hybridized carbons (Fsp3) is 0.176. The fourth-order valence-electron chi connectivity index (χ4n) is 2.77. The van der Waals surface area contributed by atoms with E-state index in [1.165, 1.54) is 12.4 Å². The number of nitrogens with zero attached hydrogens (tertiary/aromatic N) is 4. The maximum Gasteiger partial charge on any atom is 0.255 e. The van der Waals surface area contributed by atoms with E-state index in [1.54, 1.807) is 11.0 Å². The summed E-state index contributed by atoms with van der Waals surface area (Å²) in [5, 5.41) is 7.35. The Morgan fingerprint density at radius 1 is 1.16 bits per heavy atom. The second-order valence-electron chi connectivity index (χ2n) is 5.65. The average molecular weight is 342 g/mol. The summed E-state index contributed by atoms with van der Waals surface area (Å²) in [6.45, 7) is 0.720. The molecular weight excluding hydrogens is 330 g/mol. The third kappa shape index (κ3) is 2.98. The van der Waals surface area contributed by atoms with Gasteiger partial charge >= 0.3 is 0 Å². The zero-order valence-corrected chi connectivity index (χ0v) is 12.9. The van der Waals surface area contributed by atoms with Crippen LogP contribution in [0.15, 0.2) is 41.1 Å². The van der Waals surface area contributed by atoms with Crippen LogP contribution in [0.2, 0.25) is 0 Å². The monoisotopic (exact) mass is 342 g/mol. The first-order valence-corrected chi connectivity index (χ1v) is 7.61. The van der Waals surface area contributed by atoms with Gasteiger partial charge in [-0.25, -0.2) is 13.8 Å². The van der Waals surface area contributed by atoms with Crippen LogP contribution in [0.3, 0.4) is 0 Å². The van der Waals surface area contributed by atoms with Gasteiger partial charge in [0, 0.05) is 24.6 Å². The Hall–Kier alpha value is -3.16. The Morgan fingerprint density at radius 2 is 1.96 bits per heavy atom. The van der Waals surface area contributed by atoms with Crippen LogP contribution in [-0.2, 0) is 13.0 Å². The Kier molecular flexibility index (Phi) is 3.72. The first-order valence-electron chi connectivity index (χ1n) is 7.61. The minimum atomic E-state index is -0.701. The zero-order chi connectivity index (χ0) is 17.4. The van der Waals surface area contributed by atoms with Gasteiger partial charge in [-0.1, -0.05) is 0 Å². The number of halogens is 2. The van der Waals surface area contributed by atoms with Crippen molar-refractivity contribution < 1.29 is 18.0 Å². The first kappa shape index (κ1) is 15.4. The van der Waals surface area contributed by atoms with Crippen molar-refractivity contribution in [2.75, 3.05) is 6.54 Å². The molecule has 0 fully saturated rings. The van der Waals surface area contributed by atoms with Crippen LogP contribution in [0.5, 0.6) is 0 Å². The second-order valence-corrected chi connectivity index (χ2v) is 5.65. The van der Waals surface area contributed by atoms with Crippen molar-refractivity contribution in [3.05, 3.63) is 65.3 Å². The van der Waals surface area contributed by atoms with Gasteiger partial charge in [0.2, 0.25) is 5.89 Å². The van der Waals surface area contributed by atoms with E-state index in [2.05, 4.69) is 15.2 Å². The first-order chi connectivity index (χ1) is 12.1. The van der Waals surface area contributed by atoms with Crippen LogP contribution in [-0.4, -0.2) is 32.5 Å². The number of aromatic nitrogens is 3. The molecule has 0 N–H and O–H groups in total. The molecule has 2 aromatic heterocycles. The van der Waals surface area contributed by atoms with Gasteiger partial charge in [0.1, 0.15) is 23.1 Å². The van der Waals surface area contributed by atoms with Gasteiger partial charge in [-0.05, 0) is 18.2 Å². The smallest absolute Gasteiger partial charge is 0.255 e. The summed E-state index contributed by atoms with van der Waals surface area (Å²) in [6, 6.07) is 4.70. The average Bonchev–Trinajstić information content (AvgIpc) is 3.04. The lowest BCUT2D eigenvalue weighted by Gasteiger charge is -2.25.